The van der Waals surface area contributed by atoms with E-state index in [2.05, 4.69) is 36.2 Å². The second-order valence-electron chi connectivity index (χ2n) is 6.55. The van der Waals surface area contributed by atoms with Gasteiger partial charge in [0.25, 0.3) is 0 Å². The molecule has 6 heteroatoms. The minimum absolute atomic E-state index is 0.0433. The first kappa shape index (κ1) is 19.0. The van der Waals surface area contributed by atoms with Gasteiger partial charge in [0.1, 0.15) is 0 Å². The fraction of sp³-hybridized carbons (Fsp3) is 0.500. The lowest BCUT2D eigenvalue weighted by Crippen LogP contribution is -2.35. The highest BCUT2D eigenvalue weighted by molar-refractivity contribution is 7.16. The Bertz CT molecular complexity index is 707. The Labute approximate surface area is 159 Å². The molecule has 140 valence electrons. The van der Waals surface area contributed by atoms with Crippen molar-refractivity contribution in [2.75, 3.05) is 31.6 Å². The summed E-state index contributed by atoms with van der Waals surface area (Å²) in [6.07, 6.45) is 1.69. The number of rotatable bonds is 7. The van der Waals surface area contributed by atoms with Crippen LogP contribution in [0.1, 0.15) is 31.6 Å². The lowest BCUT2D eigenvalue weighted by molar-refractivity contribution is -0.120. The van der Waals surface area contributed by atoms with Crippen LogP contribution >= 0.6 is 11.3 Å². The van der Waals surface area contributed by atoms with Gasteiger partial charge in [0.05, 0.1) is 18.9 Å². The van der Waals surface area contributed by atoms with Gasteiger partial charge < -0.3 is 10.1 Å². The maximum absolute atomic E-state index is 12.5. The molecule has 0 unspecified atom stereocenters. The predicted molar refractivity (Wildman–Crippen MR) is 106 cm³/mol. The Morgan fingerprint density at radius 1 is 1.23 bits per heavy atom. The van der Waals surface area contributed by atoms with Crippen LogP contribution in [0, 0.1) is 5.92 Å². The van der Waals surface area contributed by atoms with E-state index in [1.165, 1.54) is 4.88 Å². The van der Waals surface area contributed by atoms with Crippen molar-refractivity contribution in [2.45, 2.75) is 33.2 Å². The van der Waals surface area contributed by atoms with Gasteiger partial charge in [-0.1, -0.05) is 55.5 Å². The number of carbonyl (C=O) groups excluding carboxylic acids is 1. The van der Waals surface area contributed by atoms with Crippen molar-refractivity contribution in [2.24, 2.45) is 5.92 Å². The third-order valence-corrected chi connectivity index (χ3v) is 5.76. The molecule has 2 aromatic rings. The van der Waals surface area contributed by atoms with Crippen LogP contribution in [0.5, 0.6) is 0 Å². The minimum atomic E-state index is 0.0433. The number of nitrogens with zero attached hydrogens (tertiary/aromatic N) is 2. The van der Waals surface area contributed by atoms with Crippen molar-refractivity contribution in [1.82, 2.24) is 9.88 Å². The van der Waals surface area contributed by atoms with Gasteiger partial charge in [-0.05, 0) is 12.8 Å². The maximum Gasteiger partial charge on any atom is 0.229 e. The number of morpholine rings is 1. The number of hydrogen-bond donors (Lipinski definition) is 1. The Kier molecular flexibility index (Phi) is 6.77. The van der Waals surface area contributed by atoms with Crippen molar-refractivity contribution in [1.29, 1.82) is 0 Å². The minimum Gasteiger partial charge on any atom is -0.379 e. The van der Waals surface area contributed by atoms with E-state index >= 15 is 0 Å². The summed E-state index contributed by atoms with van der Waals surface area (Å²) < 4.78 is 5.45. The zero-order valence-electron chi connectivity index (χ0n) is 15.5. The Morgan fingerprint density at radius 2 is 1.92 bits per heavy atom. The van der Waals surface area contributed by atoms with Gasteiger partial charge in [0.2, 0.25) is 5.91 Å². The molecule has 3 rings (SSSR count). The van der Waals surface area contributed by atoms with E-state index in [1.807, 2.05) is 18.2 Å². The zero-order chi connectivity index (χ0) is 18.4. The topological polar surface area (TPSA) is 54.5 Å². The third-order valence-electron chi connectivity index (χ3n) is 4.80. The summed E-state index contributed by atoms with van der Waals surface area (Å²) in [5.41, 5.74) is 2.07. The largest absolute Gasteiger partial charge is 0.379 e. The van der Waals surface area contributed by atoms with Crippen LogP contribution in [0.25, 0.3) is 11.3 Å². The van der Waals surface area contributed by atoms with E-state index in [9.17, 15) is 4.79 Å². The van der Waals surface area contributed by atoms with Gasteiger partial charge in [0, 0.05) is 36.0 Å². The highest BCUT2D eigenvalue weighted by atomic mass is 32.1. The number of ether oxygens (including phenoxy) is 1. The summed E-state index contributed by atoms with van der Waals surface area (Å²) in [6, 6.07) is 10.2. The smallest absolute Gasteiger partial charge is 0.229 e. The molecule has 0 aliphatic carbocycles. The van der Waals surface area contributed by atoms with E-state index in [4.69, 9.17) is 9.72 Å². The normalized spacial score (nSPS) is 15.3. The number of carbonyl (C=O) groups is 1. The first-order valence-electron chi connectivity index (χ1n) is 9.37. The van der Waals surface area contributed by atoms with Gasteiger partial charge in [0.15, 0.2) is 5.13 Å². The molecule has 2 heterocycles. The molecule has 0 radical (unpaired) electrons. The highest BCUT2D eigenvalue weighted by Gasteiger charge is 2.20. The third kappa shape index (κ3) is 4.69. The maximum atomic E-state index is 12.5. The van der Waals surface area contributed by atoms with E-state index < -0.39 is 0 Å². The van der Waals surface area contributed by atoms with Crippen molar-refractivity contribution >= 4 is 22.4 Å². The Hall–Kier alpha value is -1.76. The lowest BCUT2D eigenvalue weighted by Gasteiger charge is -2.26. The quantitative estimate of drug-likeness (QED) is 0.796. The standard InChI is InChI=1S/C20H27N3O2S/c1-3-15(4-2)19(24)22-20-21-18(16-8-6-5-7-9-16)17(26-20)14-23-10-12-25-13-11-23/h5-9,15H,3-4,10-14H2,1-2H3,(H,21,22,24). The van der Waals surface area contributed by atoms with E-state index in [-0.39, 0.29) is 11.8 Å². The number of nitrogens with one attached hydrogen (secondary N) is 1. The van der Waals surface area contributed by atoms with Crippen LogP contribution in [0.4, 0.5) is 5.13 Å². The van der Waals surface area contributed by atoms with E-state index in [1.54, 1.807) is 11.3 Å². The number of amides is 1. The number of aromatic nitrogens is 1. The summed E-state index contributed by atoms with van der Waals surface area (Å²) in [5, 5.41) is 3.74. The molecule has 1 amide bonds. The van der Waals surface area contributed by atoms with Crippen LogP contribution in [-0.4, -0.2) is 42.1 Å². The van der Waals surface area contributed by atoms with Crippen molar-refractivity contribution in [3.63, 3.8) is 0 Å². The molecular weight excluding hydrogens is 346 g/mol. The molecule has 0 atom stereocenters. The molecule has 1 aromatic heterocycles. The predicted octanol–water partition coefficient (Wildman–Crippen LogP) is 4.02. The molecule has 1 fully saturated rings. The van der Waals surface area contributed by atoms with Gasteiger partial charge in [-0.25, -0.2) is 4.98 Å². The average Bonchev–Trinajstić information content (AvgIpc) is 3.06. The second kappa shape index (κ2) is 9.26. The van der Waals surface area contributed by atoms with Crippen LogP contribution < -0.4 is 5.32 Å². The summed E-state index contributed by atoms with van der Waals surface area (Å²) >= 11 is 1.59. The van der Waals surface area contributed by atoms with E-state index in [0.29, 0.717) is 5.13 Å². The summed E-state index contributed by atoms with van der Waals surface area (Å²) in [7, 11) is 0. The molecule has 1 aliphatic rings. The summed E-state index contributed by atoms with van der Waals surface area (Å²) in [5.74, 6) is 0.114. The number of hydrogen-bond acceptors (Lipinski definition) is 5. The Balaban J connectivity index is 1.83. The molecule has 0 bridgehead atoms. The molecule has 26 heavy (non-hydrogen) atoms. The Morgan fingerprint density at radius 3 is 2.58 bits per heavy atom. The molecular formula is C20H27N3O2S. The molecule has 1 aromatic carbocycles. The van der Waals surface area contributed by atoms with Crippen LogP contribution in [0.3, 0.4) is 0 Å². The van der Waals surface area contributed by atoms with E-state index in [0.717, 1.165) is 56.9 Å². The fourth-order valence-electron chi connectivity index (χ4n) is 3.16. The lowest BCUT2D eigenvalue weighted by atomic mass is 10.0. The molecule has 1 N–H and O–H groups in total. The van der Waals surface area contributed by atoms with Gasteiger partial charge in [-0.3, -0.25) is 9.69 Å². The summed E-state index contributed by atoms with van der Waals surface area (Å²) in [4.78, 5) is 20.8. The van der Waals surface area contributed by atoms with Gasteiger partial charge >= 0.3 is 0 Å². The highest BCUT2D eigenvalue weighted by Crippen LogP contribution is 2.32. The summed E-state index contributed by atoms with van der Waals surface area (Å²) in [6.45, 7) is 8.36. The van der Waals surface area contributed by atoms with Crippen molar-refractivity contribution in [3.05, 3.63) is 35.2 Å². The van der Waals surface area contributed by atoms with Gasteiger partial charge in [-0.2, -0.15) is 0 Å². The second-order valence-corrected chi connectivity index (χ2v) is 7.63. The molecule has 1 aliphatic heterocycles. The zero-order valence-corrected chi connectivity index (χ0v) is 16.3. The molecule has 0 spiro atoms. The monoisotopic (exact) mass is 373 g/mol. The van der Waals surface area contributed by atoms with Crippen LogP contribution in [0.2, 0.25) is 0 Å². The van der Waals surface area contributed by atoms with Gasteiger partial charge in [-0.15, -0.1) is 0 Å². The van der Waals surface area contributed by atoms with Crippen LogP contribution in [-0.2, 0) is 16.1 Å². The number of thiazole rings is 1. The molecule has 1 saturated heterocycles. The van der Waals surface area contributed by atoms with Crippen molar-refractivity contribution in [3.8, 4) is 11.3 Å². The molecule has 0 saturated carbocycles. The van der Waals surface area contributed by atoms with Crippen LogP contribution in [0.15, 0.2) is 30.3 Å². The van der Waals surface area contributed by atoms with Crippen molar-refractivity contribution < 1.29 is 9.53 Å². The molecule has 5 nitrogen and oxygen atoms in total. The number of benzene rings is 1. The SMILES string of the molecule is CCC(CC)C(=O)Nc1nc(-c2ccccc2)c(CN2CCOCC2)s1. The first-order chi connectivity index (χ1) is 12.7. The first-order valence-corrected chi connectivity index (χ1v) is 10.2. The average molecular weight is 374 g/mol. The fourth-order valence-corrected chi connectivity index (χ4v) is 4.19. The number of anilines is 1.